The third-order valence-corrected chi connectivity index (χ3v) is 3.73. The van der Waals surface area contributed by atoms with Crippen molar-refractivity contribution in [3.05, 3.63) is 50.4 Å². The van der Waals surface area contributed by atoms with Crippen LogP contribution in [-0.4, -0.2) is 5.97 Å². The standard InChI is InChI=1S/C12H9BrFNO2S/c13-11-2-1-10(18-11)6-17-12(16)7-3-8(14)5-9(15)4-7/h1-5H,6,15H2. The lowest BCUT2D eigenvalue weighted by atomic mass is 10.2. The fourth-order valence-corrected chi connectivity index (χ4v) is 2.78. The fourth-order valence-electron chi connectivity index (χ4n) is 1.38. The highest BCUT2D eigenvalue weighted by atomic mass is 79.9. The second-order valence-corrected chi connectivity index (χ2v) is 6.10. The Bertz CT molecular complexity index is 565. The van der Waals surface area contributed by atoms with Gasteiger partial charge in [0.2, 0.25) is 0 Å². The van der Waals surface area contributed by atoms with Crippen LogP contribution in [0.15, 0.2) is 34.1 Å². The molecule has 94 valence electrons. The largest absolute Gasteiger partial charge is 0.456 e. The van der Waals surface area contributed by atoms with Gasteiger partial charge in [-0.05, 0) is 46.3 Å². The molecule has 2 aromatic rings. The van der Waals surface area contributed by atoms with Gasteiger partial charge in [0.1, 0.15) is 12.4 Å². The van der Waals surface area contributed by atoms with E-state index < -0.39 is 11.8 Å². The zero-order chi connectivity index (χ0) is 13.1. The van der Waals surface area contributed by atoms with E-state index in [0.717, 1.165) is 20.8 Å². The Balaban J connectivity index is 2.03. The molecule has 0 bridgehead atoms. The monoisotopic (exact) mass is 329 g/mol. The smallest absolute Gasteiger partial charge is 0.338 e. The number of esters is 1. The summed E-state index contributed by atoms with van der Waals surface area (Å²) in [5.74, 6) is -1.15. The molecule has 2 N–H and O–H groups in total. The fraction of sp³-hybridized carbons (Fsp3) is 0.0833. The highest BCUT2D eigenvalue weighted by molar-refractivity contribution is 9.11. The summed E-state index contributed by atoms with van der Waals surface area (Å²) in [6.07, 6.45) is 0. The zero-order valence-corrected chi connectivity index (χ0v) is 11.6. The molecule has 0 spiro atoms. The average molecular weight is 330 g/mol. The maximum Gasteiger partial charge on any atom is 0.338 e. The van der Waals surface area contributed by atoms with Gasteiger partial charge in [-0.15, -0.1) is 11.3 Å². The van der Waals surface area contributed by atoms with Crippen molar-refractivity contribution >= 4 is 38.9 Å². The summed E-state index contributed by atoms with van der Waals surface area (Å²) >= 11 is 4.79. The lowest BCUT2D eigenvalue weighted by molar-refractivity contribution is 0.0476. The van der Waals surface area contributed by atoms with Gasteiger partial charge in [0.25, 0.3) is 0 Å². The van der Waals surface area contributed by atoms with E-state index in [-0.39, 0.29) is 17.9 Å². The quantitative estimate of drug-likeness (QED) is 0.691. The third kappa shape index (κ3) is 3.30. The van der Waals surface area contributed by atoms with Gasteiger partial charge in [0.05, 0.1) is 9.35 Å². The number of anilines is 1. The first-order valence-electron chi connectivity index (χ1n) is 5.02. The Morgan fingerprint density at radius 2 is 2.17 bits per heavy atom. The summed E-state index contributed by atoms with van der Waals surface area (Å²) in [7, 11) is 0. The van der Waals surface area contributed by atoms with Crippen molar-refractivity contribution in [1.82, 2.24) is 0 Å². The minimum atomic E-state index is -0.592. The van der Waals surface area contributed by atoms with E-state index >= 15 is 0 Å². The lowest BCUT2D eigenvalue weighted by Gasteiger charge is -2.04. The van der Waals surface area contributed by atoms with E-state index in [0.29, 0.717) is 0 Å². The van der Waals surface area contributed by atoms with Crippen molar-refractivity contribution < 1.29 is 13.9 Å². The first-order chi connectivity index (χ1) is 8.54. The average Bonchev–Trinajstić information content (AvgIpc) is 2.70. The molecule has 2 rings (SSSR count). The summed E-state index contributed by atoms with van der Waals surface area (Å²) in [4.78, 5) is 12.6. The number of thiophene rings is 1. The van der Waals surface area contributed by atoms with E-state index in [1.807, 2.05) is 12.1 Å². The molecule has 18 heavy (non-hydrogen) atoms. The highest BCUT2D eigenvalue weighted by Crippen LogP contribution is 2.23. The number of nitrogens with two attached hydrogens (primary N) is 1. The van der Waals surface area contributed by atoms with Crippen LogP contribution in [0.5, 0.6) is 0 Å². The van der Waals surface area contributed by atoms with Crippen LogP contribution in [0.2, 0.25) is 0 Å². The SMILES string of the molecule is Nc1cc(F)cc(C(=O)OCc2ccc(Br)s2)c1. The molecule has 0 aliphatic carbocycles. The molecule has 6 heteroatoms. The molecular formula is C12H9BrFNO2S. The predicted octanol–water partition coefficient (Wildman–Crippen LogP) is 3.59. The summed E-state index contributed by atoms with van der Waals surface area (Å²) in [6.45, 7) is 0.158. The molecule has 1 aromatic heterocycles. The number of carbonyl (C=O) groups excluding carboxylic acids is 1. The molecule has 0 amide bonds. The van der Waals surface area contributed by atoms with Gasteiger partial charge >= 0.3 is 5.97 Å². The van der Waals surface area contributed by atoms with Crippen LogP contribution in [0.4, 0.5) is 10.1 Å². The second kappa shape index (κ2) is 5.49. The van der Waals surface area contributed by atoms with Gasteiger partial charge in [-0.2, -0.15) is 0 Å². The predicted molar refractivity (Wildman–Crippen MR) is 72.0 cm³/mol. The molecule has 1 heterocycles. The van der Waals surface area contributed by atoms with E-state index in [1.54, 1.807) is 0 Å². The second-order valence-electron chi connectivity index (χ2n) is 3.56. The van der Waals surface area contributed by atoms with Gasteiger partial charge in [-0.25, -0.2) is 9.18 Å². The summed E-state index contributed by atoms with van der Waals surface area (Å²) in [5, 5.41) is 0. The topological polar surface area (TPSA) is 52.3 Å². The van der Waals surface area contributed by atoms with Gasteiger partial charge < -0.3 is 10.5 Å². The van der Waals surface area contributed by atoms with Crippen molar-refractivity contribution in [1.29, 1.82) is 0 Å². The molecule has 0 unspecified atom stereocenters. The molecule has 0 fully saturated rings. The molecular weight excluding hydrogens is 321 g/mol. The number of hydrogen-bond acceptors (Lipinski definition) is 4. The Morgan fingerprint density at radius 3 is 2.78 bits per heavy atom. The van der Waals surface area contributed by atoms with Crippen molar-refractivity contribution in [2.24, 2.45) is 0 Å². The number of halogens is 2. The summed E-state index contributed by atoms with van der Waals surface area (Å²) < 4.78 is 19.1. The Morgan fingerprint density at radius 1 is 1.39 bits per heavy atom. The molecule has 0 saturated heterocycles. The van der Waals surface area contributed by atoms with E-state index in [1.165, 1.54) is 17.4 Å². The van der Waals surface area contributed by atoms with Crippen LogP contribution in [0.25, 0.3) is 0 Å². The molecule has 3 nitrogen and oxygen atoms in total. The van der Waals surface area contributed by atoms with Crippen LogP contribution in [0.3, 0.4) is 0 Å². The van der Waals surface area contributed by atoms with Crippen LogP contribution in [0.1, 0.15) is 15.2 Å². The van der Waals surface area contributed by atoms with Gasteiger partial charge in [-0.1, -0.05) is 0 Å². The molecule has 0 radical (unpaired) electrons. The molecule has 1 aromatic carbocycles. The maximum absolute atomic E-state index is 13.1. The van der Waals surface area contributed by atoms with Crippen molar-refractivity contribution in [3.63, 3.8) is 0 Å². The minimum Gasteiger partial charge on any atom is -0.456 e. The van der Waals surface area contributed by atoms with Crippen molar-refractivity contribution in [2.75, 3.05) is 5.73 Å². The normalized spacial score (nSPS) is 10.3. The number of nitrogen functional groups attached to an aromatic ring is 1. The van der Waals surface area contributed by atoms with Crippen LogP contribution in [0, 0.1) is 5.82 Å². The molecule has 0 atom stereocenters. The number of ether oxygens (including phenoxy) is 1. The maximum atomic E-state index is 13.1. The number of benzene rings is 1. The van der Waals surface area contributed by atoms with Crippen LogP contribution in [-0.2, 0) is 11.3 Å². The van der Waals surface area contributed by atoms with Gasteiger partial charge in [0, 0.05) is 10.6 Å². The molecule has 0 saturated carbocycles. The van der Waals surface area contributed by atoms with E-state index in [2.05, 4.69) is 15.9 Å². The van der Waals surface area contributed by atoms with Crippen LogP contribution >= 0.6 is 27.3 Å². The summed E-state index contributed by atoms with van der Waals surface area (Å²) in [6, 6.07) is 7.35. The van der Waals surface area contributed by atoms with Crippen LogP contribution < -0.4 is 5.73 Å². The molecule has 0 aliphatic heterocycles. The third-order valence-electron chi connectivity index (χ3n) is 2.13. The number of hydrogen-bond donors (Lipinski definition) is 1. The summed E-state index contributed by atoms with van der Waals surface area (Å²) in [5.41, 5.74) is 5.77. The zero-order valence-electron chi connectivity index (χ0n) is 9.15. The van der Waals surface area contributed by atoms with E-state index in [9.17, 15) is 9.18 Å². The number of carbonyl (C=O) groups is 1. The highest BCUT2D eigenvalue weighted by Gasteiger charge is 2.10. The Hall–Kier alpha value is -1.40. The minimum absolute atomic E-state index is 0.114. The first-order valence-corrected chi connectivity index (χ1v) is 6.63. The van der Waals surface area contributed by atoms with Crippen molar-refractivity contribution in [2.45, 2.75) is 6.61 Å². The van der Waals surface area contributed by atoms with E-state index in [4.69, 9.17) is 10.5 Å². The number of rotatable bonds is 3. The van der Waals surface area contributed by atoms with Gasteiger partial charge in [-0.3, -0.25) is 0 Å². The lowest BCUT2D eigenvalue weighted by Crippen LogP contribution is -2.05. The molecule has 0 aliphatic rings. The van der Waals surface area contributed by atoms with Gasteiger partial charge in [0.15, 0.2) is 0 Å². The first kappa shape index (κ1) is 13.0. The van der Waals surface area contributed by atoms with Crippen molar-refractivity contribution in [3.8, 4) is 0 Å². The Labute approximate surface area is 116 Å². The Kier molecular flexibility index (Phi) is 3.98.